The lowest BCUT2D eigenvalue weighted by atomic mass is 10.1. The first-order valence-corrected chi connectivity index (χ1v) is 6.23. The normalized spacial score (nSPS) is 19.8. The van der Waals surface area contributed by atoms with E-state index in [-0.39, 0.29) is 25.0 Å². The van der Waals surface area contributed by atoms with Crippen LogP contribution in [0.25, 0.3) is 0 Å². The van der Waals surface area contributed by atoms with Crippen LogP contribution in [0.1, 0.15) is 42.9 Å². The molecule has 100 valence electrons. The molecule has 1 amide bonds. The Hall–Kier alpha value is -1.40. The molecule has 0 radical (unpaired) electrons. The summed E-state index contributed by atoms with van der Waals surface area (Å²) in [6.07, 6.45) is -0.600. The van der Waals surface area contributed by atoms with Crippen LogP contribution < -0.4 is 0 Å². The van der Waals surface area contributed by atoms with Gasteiger partial charge in [0, 0.05) is 6.54 Å². The summed E-state index contributed by atoms with van der Waals surface area (Å²) in [6.45, 7) is 7.02. The highest BCUT2D eigenvalue weighted by molar-refractivity contribution is 5.92. The Bertz CT molecular complexity index is 442. The SMILES string of the molecule is CCn1nc(C(C)C)cc1C(=O)N1C[C@@H](O)CO1. The van der Waals surface area contributed by atoms with E-state index in [9.17, 15) is 9.90 Å². The first kappa shape index (κ1) is 13.0. The minimum atomic E-state index is -0.600. The molecule has 0 aliphatic carbocycles. The van der Waals surface area contributed by atoms with Crippen molar-refractivity contribution in [2.24, 2.45) is 0 Å². The molecular formula is C12H19N3O3. The number of aryl methyl sites for hydroxylation is 1. The average molecular weight is 253 g/mol. The largest absolute Gasteiger partial charge is 0.389 e. The van der Waals surface area contributed by atoms with E-state index in [0.717, 1.165) is 5.69 Å². The van der Waals surface area contributed by atoms with Gasteiger partial charge in [0.25, 0.3) is 5.91 Å². The molecule has 1 aliphatic heterocycles. The summed E-state index contributed by atoms with van der Waals surface area (Å²) in [6, 6.07) is 1.80. The molecule has 6 heteroatoms. The van der Waals surface area contributed by atoms with E-state index in [0.29, 0.717) is 12.2 Å². The van der Waals surface area contributed by atoms with Gasteiger partial charge in [0.1, 0.15) is 18.4 Å². The van der Waals surface area contributed by atoms with Crippen LogP contribution in [0.3, 0.4) is 0 Å². The predicted octanol–water partition coefficient (Wildman–Crippen LogP) is 0.775. The van der Waals surface area contributed by atoms with Crippen molar-refractivity contribution in [3.05, 3.63) is 17.5 Å². The summed E-state index contributed by atoms with van der Waals surface area (Å²) >= 11 is 0. The minimum Gasteiger partial charge on any atom is -0.389 e. The Balaban J connectivity index is 2.23. The van der Waals surface area contributed by atoms with Crippen molar-refractivity contribution >= 4 is 5.91 Å². The molecule has 0 spiro atoms. The summed E-state index contributed by atoms with van der Waals surface area (Å²) in [7, 11) is 0. The number of rotatable bonds is 3. The Morgan fingerprint density at radius 2 is 2.39 bits per heavy atom. The molecule has 1 N–H and O–H groups in total. The number of β-amino-alcohol motifs (C(OH)–C–C–N with tert-alkyl or cyclic N) is 1. The zero-order valence-electron chi connectivity index (χ0n) is 11.0. The Morgan fingerprint density at radius 1 is 1.67 bits per heavy atom. The molecule has 6 nitrogen and oxygen atoms in total. The number of hydrogen-bond acceptors (Lipinski definition) is 4. The van der Waals surface area contributed by atoms with Gasteiger partial charge in [0.05, 0.1) is 12.2 Å². The second-order valence-corrected chi connectivity index (χ2v) is 4.74. The van der Waals surface area contributed by atoms with E-state index in [1.807, 2.05) is 20.8 Å². The van der Waals surface area contributed by atoms with Crippen molar-refractivity contribution in [2.75, 3.05) is 13.2 Å². The molecule has 1 aliphatic rings. The zero-order valence-corrected chi connectivity index (χ0v) is 11.0. The van der Waals surface area contributed by atoms with Crippen molar-refractivity contribution in [3.8, 4) is 0 Å². The van der Waals surface area contributed by atoms with E-state index in [1.165, 1.54) is 5.06 Å². The molecule has 1 saturated heterocycles. The lowest BCUT2D eigenvalue weighted by Crippen LogP contribution is -2.30. The van der Waals surface area contributed by atoms with Gasteiger partial charge in [-0.2, -0.15) is 5.10 Å². The van der Waals surface area contributed by atoms with Crippen molar-refractivity contribution in [1.29, 1.82) is 0 Å². The van der Waals surface area contributed by atoms with Gasteiger partial charge in [0.2, 0.25) is 0 Å². The van der Waals surface area contributed by atoms with Gasteiger partial charge in [-0.1, -0.05) is 13.8 Å². The third kappa shape index (κ3) is 2.39. The quantitative estimate of drug-likeness (QED) is 0.864. The van der Waals surface area contributed by atoms with Crippen molar-refractivity contribution in [3.63, 3.8) is 0 Å². The number of hydrogen-bond donors (Lipinski definition) is 1. The molecular weight excluding hydrogens is 234 g/mol. The van der Waals surface area contributed by atoms with Crippen LogP contribution in [0.4, 0.5) is 0 Å². The van der Waals surface area contributed by atoms with Crippen molar-refractivity contribution in [2.45, 2.75) is 39.3 Å². The Labute approximate surface area is 106 Å². The standard InChI is InChI=1S/C12H19N3O3/c1-4-14-11(5-10(13-14)8(2)3)12(17)15-6-9(16)7-18-15/h5,8-9,16H,4,6-7H2,1-3H3/t9-/m1/s1. The van der Waals surface area contributed by atoms with Crippen molar-refractivity contribution in [1.82, 2.24) is 14.8 Å². The second-order valence-electron chi connectivity index (χ2n) is 4.74. The number of carbonyl (C=O) groups is 1. The van der Waals surface area contributed by atoms with Crippen LogP contribution in [0, 0.1) is 0 Å². The van der Waals surface area contributed by atoms with Gasteiger partial charge in [0.15, 0.2) is 0 Å². The average Bonchev–Trinajstić information content (AvgIpc) is 2.93. The number of aliphatic hydroxyl groups is 1. The monoisotopic (exact) mass is 253 g/mol. The Kier molecular flexibility index (Phi) is 3.68. The van der Waals surface area contributed by atoms with Gasteiger partial charge < -0.3 is 5.11 Å². The molecule has 2 rings (SSSR count). The summed E-state index contributed by atoms with van der Waals surface area (Å²) in [5.74, 6) is 0.0298. The smallest absolute Gasteiger partial charge is 0.295 e. The van der Waals surface area contributed by atoms with Crippen molar-refractivity contribution < 1.29 is 14.7 Å². The maximum atomic E-state index is 12.2. The first-order chi connectivity index (χ1) is 8.52. The van der Waals surface area contributed by atoms with Crippen LogP contribution in [-0.4, -0.2) is 45.1 Å². The van der Waals surface area contributed by atoms with E-state index in [4.69, 9.17) is 4.84 Å². The minimum absolute atomic E-state index is 0.170. The lowest BCUT2D eigenvalue weighted by Gasteiger charge is -2.13. The topological polar surface area (TPSA) is 67.6 Å². The molecule has 0 aromatic carbocycles. The van der Waals surface area contributed by atoms with Gasteiger partial charge in [-0.3, -0.25) is 14.3 Å². The lowest BCUT2D eigenvalue weighted by molar-refractivity contribution is -0.0786. The number of carbonyl (C=O) groups excluding carboxylic acids is 1. The predicted molar refractivity (Wildman–Crippen MR) is 65.0 cm³/mol. The molecule has 2 heterocycles. The summed E-state index contributed by atoms with van der Waals surface area (Å²) < 4.78 is 1.67. The molecule has 1 atom stereocenters. The molecule has 0 saturated carbocycles. The summed E-state index contributed by atoms with van der Waals surface area (Å²) in [5.41, 5.74) is 1.40. The molecule has 18 heavy (non-hydrogen) atoms. The molecule has 1 aromatic heterocycles. The van der Waals surface area contributed by atoms with Crippen LogP contribution in [0.5, 0.6) is 0 Å². The third-order valence-corrected chi connectivity index (χ3v) is 2.93. The molecule has 0 bridgehead atoms. The zero-order chi connectivity index (χ0) is 13.3. The highest BCUT2D eigenvalue weighted by atomic mass is 16.7. The maximum absolute atomic E-state index is 12.2. The number of nitrogens with zero attached hydrogens (tertiary/aromatic N) is 3. The van der Waals surface area contributed by atoms with E-state index >= 15 is 0 Å². The van der Waals surface area contributed by atoms with Gasteiger partial charge >= 0.3 is 0 Å². The number of aromatic nitrogens is 2. The van der Waals surface area contributed by atoms with E-state index < -0.39 is 6.10 Å². The second kappa shape index (κ2) is 5.07. The summed E-state index contributed by atoms with van der Waals surface area (Å²) in [5, 5.41) is 15.0. The maximum Gasteiger partial charge on any atom is 0.295 e. The summed E-state index contributed by atoms with van der Waals surface area (Å²) in [4.78, 5) is 17.4. The van der Waals surface area contributed by atoms with Crippen LogP contribution in [-0.2, 0) is 11.4 Å². The third-order valence-electron chi connectivity index (χ3n) is 2.93. The highest BCUT2D eigenvalue weighted by Crippen LogP contribution is 2.17. The van der Waals surface area contributed by atoms with Gasteiger partial charge in [-0.05, 0) is 18.9 Å². The molecule has 1 fully saturated rings. The number of amides is 1. The fourth-order valence-electron chi connectivity index (χ4n) is 1.87. The number of aliphatic hydroxyl groups excluding tert-OH is 1. The molecule has 1 aromatic rings. The molecule has 0 unspecified atom stereocenters. The fraction of sp³-hybridized carbons (Fsp3) is 0.667. The van der Waals surface area contributed by atoms with Crippen LogP contribution >= 0.6 is 0 Å². The Morgan fingerprint density at radius 3 is 2.89 bits per heavy atom. The van der Waals surface area contributed by atoms with Crippen LogP contribution in [0.2, 0.25) is 0 Å². The number of hydroxylamine groups is 2. The van der Waals surface area contributed by atoms with Crippen LogP contribution in [0.15, 0.2) is 6.07 Å². The van der Waals surface area contributed by atoms with E-state index in [2.05, 4.69) is 5.10 Å². The fourth-order valence-corrected chi connectivity index (χ4v) is 1.87. The van der Waals surface area contributed by atoms with E-state index in [1.54, 1.807) is 10.7 Å². The highest BCUT2D eigenvalue weighted by Gasteiger charge is 2.29. The first-order valence-electron chi connectivity index (χ1n) is 6.23. The van der Waals surface area contributed by atoms with Gasteiger partial charge in [-0.25, -0.2) is 5.06 Å². The van der Waals surface area contributed by atoms with Gasteiger partial charge in [-0.15, -0.1) is 0 Å².